The molecule has 1 atom stereocenters. The Balaban J connectivity index is 1.75. The van der Waals surface area contributed by atoms with Gasteiger partial charge in [-0.15, -0.1) is 0 Å². The number of likely N-dealkylation sites (tertiary alicyclic amines) is 1. The number of hydrogen-bond acceptors (Lipinski definition) is 7. The van der Waals surface area contributed by atoms with Crippen molar-refractivity contribution in [2.45, 2.75) is 25.8 Å². The van der Waals surface area contributed by atoms with Gasteiger partial charge < -0.3 is 19.9 Å². The first-order valence-electron chi connectivity index (χ1n) is 7.66. The zero-order chi connectivity index (χ0) is 15.9. The van der Waals surface area contributed by atoms with Gasteiger partial charge in [0.05, 0.1) is 12.6 Å². The van der Waals surface area contributed by atoms with Crippen LogP contribution < -0.4 is 5.32 Å². The molecule has 1 aromatic heterocycles. The summed E-state index contributed by atoms with van der Waals surface area (Å²) in [6.45, 7) is 5.98. The van der Waals surface area contributed by atoms with Crippen LogP contribution in [0.2, 0.25) is 0 Å². The molecule has 1 aliphatic rings. The SMILES string of the molecule is CCc1nsc(NC2CC(=O)N(CCN(C)CCOC)C2)n1. The fourth-order valence-corrected chi connectivity index (χ4v) is 3.09. The van der Waals surface area contributed by atoms with Crippen LogP contribution in [-0.4, -0.2) is 78.0 Å². The van der Waals surface area contributed by atoms with E-state index in [1.54, 1.807) is 7.11 Å². The average molecular weight is 327 g/mol. The van der Waals surface area contributed by atoms with E-state index in [4.69, 9.17) is 4.74 Å². The van der Waals surface area contributed by atoms with Gasteiger partial charge in [0.1, 0.15) is 5.82 Å². The van der Waals surface area contributed by atoms with E-state index in [9.17, 15) is 4.79 Å². The molecule has 22 heavy (non-hydrogen) atoms. The lowest BCUT2D eigenvalue weighted by Crippen LogP contribution is -2.36. The van der Waals surface area contributed by atoms with Crippen molar-refractivity contribution >= 4 is 22.6 Å². The fourth-order valence-electron chi connectivity index (χ4n) is 2.37. The molecule has 1 saturated heterocycles. The first-order valence-corrected chi connectivity index (χ1v) is 8.44. The number of nitrogens with one attached hydrogen (secondary N) is 1. The minimum Gasteiger partial charge on any atom is -0.383 e. The number of amides is 1. The summed E-state index contributed by atoms with van der Waals surface area (Å²) in [6.07, 6.45) is 1.37. The maximum absolute atomic E-state index is 12.1. The van der Waals surface area contributed by atoms with Gasteiger partial charge in [-0.25, -0.2) is 4.98 Å². The Morgan fingerprint density at radius 2 is 2.32 bits per heavy atom. The Bertz CT molecular complexity index is 482. The molecule has 1 unspecified atom stereocenters. The van der Waals surface area contributed by atoms with Crippen molar-refractivity contribution in [3.8, 4) is 0 Å². The highest BCUT2D eigenvalue weighted by Crippen LogP contribution is 2.18. The number of aromatic nitrogens is 2. The molecule has 2 rings (SSSR count). The van der Waals surface area contributed by atoms with Crippen molar-refractivity contribution in [2.75, 3.05) is 52.3 Å². The summed E-state index contributed by atoms with van der Waals surface area (Å²) in [5.74, 6) is 1.06. The zero-order valence-electron chi connectivity index (χ0n) is 13.5. The summed E-state index contributed by atoms with van der Waals surface area (Å²) in [7, 11) is 3.74. The van der Waals surface area contributed by atoms with Crippen molar-refractivity contribution < 1.29 is 9.53 Å². The molecule has 0 aliphatic carbocycles. The number of likely N-dealkylation sites (N-methyl/N-ethyl adjacent to an activating group) is 1. The van der Waals surface area contributed by atoms with Crippen LogP contribution in [0.15, 0.2) is 0 Å². The Kier molecular flexibility index (Phi) is 6.53. The van der Waals surface area contributed by atoms with Crippen LogP contribution in [0.5, 0.6) is 0 Å². The number of ether oxygens (including phenoxy) is 1. The largest absolute Gasteiger partial charge is 0.383 e. The van der Waals surface area contributed by atoms with Crippen LogP contribution in [0.4, 0.5) is 5.13 Å². The highest BCUT2D eigenvalue weighted by Gasteiger charge is 2.29. The molecule has 8 heteroatoms. The Morgan fingerprint density at radius 1 is 1.50 bits per heavy atom. The third-order valence-corrected chi connectivity index (χ3v) is 4.44. The van der Waals surface area contributed by atoms with Gasteiger partial charge in [-0.3, -0.25) is 4.79 Å². The van der Waals surface area contributed by atoms with Crippen LogP contribution in [0, 0.1) is 0 Å². The van der Waals surface area contributed by atoms with E-state index >= 15 is 0 Å². The molecule has 1 amide bonds. The van der Waals surface area contributed by atoms with Crippen molar-refractivity contribution in [1.29, 1.82) is 0 Å². The quantitative estimate of drug-likeness (QED) is 0.720. The molecule has 124 valence electrons. The third kappa shape index (κ3) is 4.89. The highest BCUT2D eigenvalue weighted by molar-refractivity contribution is 7.09. The summed E-state index contributed by atoms with van der Waals surface area (Å²) in [6, 6.07) is 0.134. The second kappa shape index (κ2) is 8.40. The van der Waals surface area contributed by atoms with E-state index in [2.05, 4.69) is 19.6 Å². The van der Waals surface area contributed by atoms with Crippen LogP contribution in [0.1, 0.15) is 19.2 Å². The molecule has 0 radical (unpaired) electrons. The van der Waals surface area contributed by atoms with Gasteiger partial charge >= 0.3 is 0 Å². The number of anilines is 1. The highest BCUT2D eigenvalue weighted by atomic mass is 32.1. The predicted octanol–water partition coefficient (Wildman–Crippen LogP) is 0.692. The molecule has 1 fully saturated rings. The van der Waals surface area contributed by atoms with E-state index in [0.717, 1.165) is 43.6 Å². The van der Waals surface area contributed by atoms with Crippen LogP contribution in [0.25, 0.3) is 0 Å². The number of methoxy groups -OCH3 is 1. The first kappa shape index (κ1) is 17.1. The molecule has 1 aromatic rings. The summed E-state index contributed by atoms with van der Waals surface area (Å²) < 4.78 is 9.31. The summed E-state index contributed by atoms with van der Waals surface area (Å²) in [5.41, 5.74) is 0. The lowest BCUT2D eigenvalue weighted by molar-refractivity contribution is -0.127. The van der Waals surface area contributed by atoms with Gasteiger partial charge in [0, 0.05) is 57.7 Å². The normalized spacial score (nSPS) is 18.5. The molecule has 2 heterocycles. The number of carbonyl (C=O) groups excluding carboxylic acids is 1. The second-order valence-corrected chi connectivity index (χ2v) is 6.30. The molecule has 1 N–H and O–H groups in total. The van der Waals surface area contributed by atoms with E-state index in [1.807, 2.05) is 18.9 Å². The Morgan fingerprint density at radius 3 is 3.00 bits per heavy atom. The van der Waals surface area contributed by atoms with Gasteiger partial charge in [-0.05, 0) is 7.05 Å². The number of hydrogen-bond donors (Lipinski definition) is 1. The molecular formula is C14H25N5O2S. The van der Waals surface area contributed by atoms with Crippen LogP contribution in [0.3, 0.4) is 0 Å². The molecule has 0 saturated carbocycles. The van der Waals surface area contributed by atoms with Crippen molar-refractivity contribution in [2.24, 2.45) is 0 Å². The van der Waals surface area contributed by atoms with E-state index in [0.29, 0.717) is 13.0 Å². The molecule has 0 spiro atoms. The van der Waals surface area contributed by atoms with Crippen molar-refractivity contribution in [1.82, 2.24) is 19.2 Å². The van der Waals surface area contributed by atoms with Crippen LogP contribution in [-0.2, 0) is 16.0 Å². The minimum atomic E-state index is 0.134. The number of aryl methyl sites for hydroxylation is 1. The number of nitrogens with zero attached hydrogens (tertiary/aromatic N) is 4. The average Bonchev–Trinajstić information content (AvgIpc) is 3.09. The van der Waals surface area contributed by atoms with Gasteiger partial charge in [0.15, 0.2) is 0 Å². The molecule has 7 nitrogen and oxygen atoms in total. The van der Waals surface area contributed by atoms with Gasteiger partial charge in [-0.1, -0.05) is 6.92 Å². The number of rotatable bonds is 9. The predicted molar refractivity (Wildman–Crippen MR) is 87.3 cm³/mol. The first-order chi connectivity index (χ1) is 10.6. The number of carbonyl (C=O) groups is 1. The Labute approximate surface area is 135 Å². The molecule has 0 bridgehead atoms. The Hall–Kier alpha value is -1.25. The zero-order valence-corrected chi connectivity index (χ0v) is 14.4. The lowest BCUT2D eigenvalue weighted by Gasteiger charge is -2.21. The summed E-state index contributed by atoms with van der Waals surface area (Å²) in [4.78, 5) is 20.6. The standard InChI is InChI=1S/C14H25N5O2S/c1-4-12-16-14(22-17-12)15-11-9-13(20)19(10-11)6-5-18(2)7-8-21-3/h11H,4-10H2,1-3H3,(H,15,16,17). The third-order valence-electron chi connectivity index (χ3n) is 3.76. The topological polar surface area (TPSA) is 70.6 Å². The van der Waals surface area contributed by atoms with Gasteiger partial charge in [0.25, 0.3) is 0 Å². The molecule has 0 aromatic carbocycles. The summed E-state index contributed by atoms with van der Waals surface area (Å²) >= 11 is 1.37. The van der Waals surface area contributed by atoms with E-state index in [-0.39, 0.29) is 11.9 Å². The lowest BCUT2D eigenvalue weighted by atomic mass is 10.3. The summed E-state index contributed by atoms with van der Waals surface area (Å²) in [5, 5.41) is 4.14. The fraction of sp³-hybridized carbons (Fsp3) is 0.786. The van der Waals surface area contributed by atoms with Gasteiger partial charge in [0.2, 0.25) is 11.0 Å². The molecule has 1 aliphatic heterocycles. The van der Waals surface area contributed by atoms with Crippen molar-refractivity contribution in [3.63, 3.8) is 0 Å². The minimum absolute atomic E-state index is 0.134. The maximum atomic E-state index is 12.1. The smallest absolute Gasteiger partial charge is 0.224 e. The van der Waals surface area contributed by atoms with Gasteiger partial charge in [-0.2, -0.15) is 4.37 Å². The maximum Gasteiger partial charge on any atom is 0.224 e. The monoisotopic (exact) mass is 327 g/mol. The van der Waals surface area contributed by atoms with Crippen LogP contribution >= 0.6 is 11.5 Å². The second-order valence-electron chi connectivity index (χ2n) is 5.55. The van der Waals surface area contributed by atoms with Crippen molar-refractivity contribution in [3.05, 3.63) is 5.82 Å². The molecular weight excluding hydrogens is 302 g/mol. The van der Waals surface area contributed by atoms with E-state index < -0.39 is 0 Å². The van der Waals surface area contributed by atoms with E-state index in [1.165, 1.54) is 11.5 Å².